The number of likely N-dealkylation sites (tertiary alicyclic amines) is 3. The predicted octanol–water partition coefficient (Wildman–Crippen LogP) is 3.99. The SMILES string of the molecule is CC(=O)N1CCC(C(=O)NC(CCN2CC3CN(C(=O)c4c(F)cccc4Cl)C[C@@H]3C2)c2ccccc2)CC1. The highest BCUT2D eigenvalue weighted by atomic mass is 35.5. The van der Waals surface area contributed by atoms with Crippen LogP contribution in [0.2, 0.25) is 5.02 Å². The van der Waals surface area contributed by atoms with Crippen molar-refractivity contribution >= 4 is 29.3 Å². The molecule has 0 aliphatic carbocycles. The zero-order chi connectivity index (χ0) is 27.5. The molecule has 7 nitrogen and oxygen atoms in total. The number of rotatable bonds is 7. The standard InChI is InChI=1S/C30H36ClFN4O3/c1-20(37)35-14-10-22(11-15-35)29(38)33-27(21-6-3-2-4-7-21)12-13-34-16-23-18-36(19-24(23)17-34)30(39)28-25(31)8-5-9-26(28)32/h2-9,22-24,27H,10-19H2,1H3,(H,33,38)/t23-,24?,27?/m0/s1. The van der Waals surface area contributed by atoms with Gasteiger partial charge in [0, 0.05) is 58.7 Å². The van der Waals surface area contributed by atoms with E-state index in [0.717, 1.165) is 31.6 Å². The van der Waals surface area contributed by atoms with Gasteiger partial charge in [-0.05, 0) is 48.8 Å². The van der Waals surface area contributed by atoms with Crippen molar-refractivity contribution in [3.05, 3.63) is 70.5 Å². The summed E-state index contributed by atoms with van der Waals surface area (Å²) in [6.07, 6.45) is 2.17. The Morgan fingerprint density at radius 2 is 1.62 bits per heavy atom. The Morgan fingerprint density at radius 3 is 2.23 bits per heavy atom. The van der Waals surface area contributed by atoms with Gasteiger partial charge in [-0.1, -0.05) is 48.0 Å². The van der Waals surface area contributed by atoms with E-state index >= 15 is 0 Å². The monoisotopic (exact) mass is 554 g/mol. The number of piperidine rings is 1. The van der Waals surface area contributed by atoms with Crippen LogP contribution < -0.4 is 5.32 Å². The van der Waals surface area contributed by atoms with E-state index in [-0.39, 0.29) is 40.3 Å². The Hall–Kier alpha value is -2.97. The van der Waals surface area contributed by atoms with Crippen LogP contribution in [0.1, 0.15) is 48.1 Å². The first-order chi connectivity index (χ1) is 18.8. The average molecular weight is 555 g/mol. The minimum atomic E-state index is -0.579. The van der Waals surface area contributed by atoms with Crippen LogP contribution in [0.4, 0.5) is 4.39 Å². The van der Waals surface area contributed by atoms with Crippen molar-refractivity contribution in [1.29, 1.82) is 0 Å². The lowest BCUT2D eigenvalue weighted by molar-refractivity contribution is -0.134. The molecule has 9 heteroatoms. The van der Waals surface area contributed by atoms with E-state index in [0.29, 0.717) is 50.9 Å². The Balaban J connectivity index is 1.15. The summed E-state index contributed by atoms with van der Waals surface area (Å²) in [4.78, 5) is 43.8. The molecule has 3 aliphatic rings. The topological polar surface area (TPSA) is 73.0 Å². The van der Waals surface area contributed by atoms with Gasteiger partial charge in [-0.3, -0.25) is 14.4 Å². The number of benzene rings is 2. The Kier molecular flexibility index (Phi) is 8.52. The summed E-state index contributed by atoms with van der Waals surface area (Å²) in [6, 6.07) is 14.3. The summed E-state index contributed by atoms with van der Waals surface area (Å²) < 4.78 is 14.3. The first-order valence-corrected chi connectivity index (χ1v) is 14.2. The lowest BCUT2D eigenvalue weighted by Crippen LogP contribution is -2.43. The van der Waals surface area contributed by atoms with Crippen molar-refractivity contribution in [3.8, 4) is 0 Å². The smallest absolute Gasteiger partial charge is 0.258 e. The zero-order valence-corrected chi connectivity index (χ0v) is 23.1. The van der Waals surface area contributed by atoms with Crippen LogP contribution in [0, 0.1) is 23.6 Å². The van der Waals surface area contributed by atoms with E-state index in [2.05, 4.69) is 22.3 Å². The molecule has 0 bridgehead atoms. The van der Waals surface area contributed by atoms with Crippen molar-refractivity contribution in [2.24, 2.45) is 17.8 Å². The third-order valence-electron chi connectivity index (χ3n) is 8.59. The predicted molar refractivity (Wildman–Crippen MR) is 148 cm³/mol. The van der Waals surface area contributed by atoms with Crippen LogP contribution >= 0.6 is 11.6 Å². The number of fused-ring (bicyclic) bond motifs is 1. The fourth-order valence-electron chi connectivity index (χ4n) is 6.36. The number of halogens is 2. The van der Waals surface area contributed by atoms with Gasteiger partial charge in [-0.25, -0.2) is 4.39 Å². The molecule has 0 saturated carbocycles. The molecule has 0 radical (unpaired) electrons. The minimum absolute atomic E-state index is 0.0376. The Morgan fingerprint density at radius 1 is 0.949 bits per heavy atom. The van der Waals surface area contributed by atoms with Gasteiger partial charge in [0.15, 0.2) is 0 Å². The normalized spacial score (nSPS) is 22.5. The second-order valence-corrected chi connectivity index (χ2v) is 11.5. The van der Waals surface area contributed by atoms with Gasteiger partial charge in [-0.2, -0.15) is 0 Å². The molecule has 1 N–H and O–H groups in total. The van der Waals surface area contributed by atoms with Crippen LogP contribution in [0.25, 0.3) is 0 Å². The van der Waals surface area contributed by atoms with E-state index in [1.54, 1.807) is 17.9 Å². The van der Waals surface area contributed by atoms with E-state index in [9.17, 15) is 18.8 Å². The molecule has 3 aliphatic heterocycles. The highest BCUT2D eigenvalue weighted by molar-refractivity contribution is 6.33. The van der Waals surface area contributed by atoms with Gasteiger partial charge in [0.05, 0.1) is 16.6 Å². The second-order valence-electron chi connectivity index (χ2n) is 11.1. The van der Waals surface area contributed by atoms with E-state index in [1.165, 1.54) is 12.1 Å². The molecule has 3 fully saturated rings. The molecule has 5 rings (SSSR count). The molecule has 3 amide bonds. The molecule has 0 aromatic heterocycles. The summed E-state index contributed by atoms with van der Waals surface area (Å²) in [5.74, 6) is -0.179. The highest BCUT2D eigenvalue weighted by Gasteiger charge is 2.42. The molecule has 2 aromatic rings. The van der Waals surface area contributed by atoms with Gasteiger partial charge in [-0.15, -0.1) is 0 Å². The lowest BCUT2D eigenvalue weighted by atomic mass is 9.94. The molecule has 208 valence electrons. The van der Waals surface area contributed by atoms with E-state index in [4.69, 9.17) is 11.6 Å². The first-order valence-electron chi connectivity index (χ1n) is 13.9. The average Bonchev–Trinajstić information content (AvgIpc) is 3.50. The maximum atomic E-state index is 14.3. The maximum absolute atomic E-state index is 14.3. The molecule has 2 unspecified atom stereocenters. The Bertz CT molecular complexity index is 1170. The van der Waals surface area contributed by atoms with Gasteiger partial charge in [0.1, 0.15) is 5.82 Å². The number of carbonyl (C=O) groups excluding carboxylic acids is 3. The number of hydrogen-bond acceptors (Lipinski definition) is 4. The quantitative estimate of drug-likeness (QED) is 0.562. The lowest BCUT2D eigenvalue weighted by Gasteiger charge is -2.32. The van der Waals surface area contributed by atoms with E-state index in [1.807, 2.05) is 23.1 Å². The number of amides is 3. The van der Waals surface area contributed by atoms with Gasteiger partial charge in [0.2, 0.25) is 11.8 Å². The fraction of sp³-hybridized carbons (Fsp3) is 0.500. The molecular weight excluding hydrogens is 519 g/mol. The van der Waals surface area contributed by atoms with Crippen LogP contribution in [-0.4, -0.2) is 78.2 Å². The highest BCUT2D eigenvalue weighted by Crippen LogP contribution is 2.34. The third-order valence-corrected chi connectivity index (χ3v) is 8.90. The summed E-state index contributed by atoms with van der Waals surface area (Å²) in [5, 5.41) is 3.45. The Labute approximate surface area is 234 Å². The van der Waals surface area contributed by atoms with Crippen molar-refractivity contribution in [2.75, 3.05) is 45.8 Å². The summed E-state index contributed by atoms with van der Waals surface area (Å²) in [5.41, 5.74) is 1.05. The zero-order valence-electron chi connectivity index (χ0n) is 22.3. The number of carbonyl (C=O) groups is 3. The van der Waals surface area contributed by atoms with Gasteiger partial charge < -0.3 is 20.0 Å². The number of nitrogens with one attached hydrogen (secondary N) is 1. The first kappa shape index (κ1) is 27.6. The van der Waals surface area contributed by atoms with E-state index < -0.39 is 5.82 Å². The molecule has 3 saturated heterocycles. The van der Waals surface area contributed by atoms with Gasteiger partial charge >= 0.3 is 0 Å². The van der Waals surface area contributed by atoms with Crippen molar-refractivity contribution in [1.82, 2.24) is 20.0 Å². The molecule has 39 heavy (non-hydrogen) atoms. The van der Waals surface area contributed by atoms with Crippen LogP contribution in [0.15, 0.2) is 48.5 Å². The molecular formula is C30H36ClFN4O3. The van der Waals surface area contributed by atoms with Crippen molar-refractivity contribution < 1.29 is 18.8 Å². The van der Waals surface area contributed by atoms with Crippen molar-refractivity contribution in [3.63, 3.8) is 0 Å². The van der Waals surface area contributed by atoms with Gasteiger partial charge in [0.25, 0.3) is 5.91 Å². The minimum Gasteiger partial charge on any atom is -0.349 e. The largest absolute Gasteiger partial charge is 0.349 e. The summed E-state index contributed by atoms with van der Waals surface area (Å²) in [7, 11) is 0. The van der Waals surface area contributed by atoms with Crippen LogP contribution in [0.3, 0.4) is 0 Å². The summed E-state index contributed by atoms with van der Waals surface area (Å²) in [6.45, 7) is 6.61. The fourth-order valence-corrected chi connectivity index (χ4v) is 6.61. The molecule has 2 aromatic carbocycles. The van der Waals surface area contributed by atoms with Crippen molar-refractivity contribution in [2.45, 2.75) is 32.2 Å². The molecule has 3 atom stereocenters. The maximum Gasteiger partial charge on any atom is 0.258 e. The second kappa shape index (κ2) is 12.0. The molecule has 3 heterocycles. The summed E-state index contributed by atoms with van der Waals surface area (Å²) >= 11 is 6.13. The van der Waals surface area contributed by atoms with Crippen LogP contribution in [-0.2, 0) is 9.59 Å². The molecule has 0 spiro atoms. The number of nitrogens with zero attached hydrogens (tertiary/aromatic N) is 3. The van der Waals surface area contributed by atoms with Crippen LogP contribution in [0.5, 0.6) is 0 Å². The number of hydrogen-bond donors (Lipinski definition) is 1. The third kappa shape index (κ3) is 6.28.